The van der Waals surface area contributed by atoms with Crippen molar-refractivity contribution in [3.63, 3.8) is 0 Å². The van der Waals surface area contributed by atoms with Gasteiger partial charge in [0.15, 0.2) is 0 Å². The van der Waals surface area contributed by atoms with Crippen molar-refractivity contribution in [2.45, 2.75) is 24.7 Å². The van der Waals surface area contributed by atoms with Crippen molar-refractivity contribution in [2.24, 2.45) is 13.0 Å². The van der Waals surface area contributed by atoms with Crippen molar-refractivity contribution in [2.75, 3.05) is 0 Å². The fraction of sp³-hybridized carbons (Fsp3) is 0.462. The monoisotopic (exact) mass is 339 g/mol. The summed E-state index contributed by atoms with van der Waals surface area (Å²) in [6.07, 6.45) is 3.49. The van der Waals surface area contributed by atoms with Gasteiger partial charge in [-0.1, -0.05) is 11.6 Å². The van der Waals surface area contributed by atoms with Gasteiger partial charge in [0.1, 0.15) is 21.1 Å². The van der Waals surface area contributed by atoms with E-state index in [2.05, 4.69) is 20.9 Å². The molecule has 3 saturated carbocycles. The van der Waals surface area contributed by atoms with Crippen LogP contribution in [0.1, 0.15) is 25.1 Å². The summed E-state index contributed by atoms with van der Waals surface area (Å²) in [4.78, 5) is 21.3. The topological polar surface area (TPSA) is 47.8 Å². The first-order valence-corrected chi connectivity index (χ1v) is 7.40. The maximum Gasteiger partial charge on any atom is 0.261 e. The van der Waals surface area contributed by atoms with E-state index in [0.29, 0.717) is 20.7 Å². The highest BCUT2D eigenvalue weighted by Crippen LogP contribution is 2.64. The van der Waals surface area contributed by atoms with E-state index in [4.69, 9.17) is 16.6 Å². The Morgan fingerprint density at radius 2 is 2.11 bits per heavy atom. The summed E-state index contributed by atoms with van der Waals surface area (Å²) in [7, 11) is 1.80. The fourth-order valence-corrected chi connectivity index (χ4v) is 4.22. The van der Waals surface area contributed by atoms with Gasteiger partial charge >= 0.3 is 0 Å². The molecule has 2 aromatic rings. The summed E-state index contributed by atoms with van der Waals surface area (Å²) in [6, 6.07) is 1.59. The van der Waals surface area contributed by atoms with Gasteiger partial charge in [-0.15, -0.1) is 0 Å². The Labute approximate surface area is 122 Å². The number of fused-ring (bicyclic) bond motifs is 1. The van der Waals surface area contributed by atoms with Gasteiger partial charge in [-0.25, -0.2) is 9.97 Å². The second-order valence-electron chi connectivity index (χ2n) is 5.69. The van der Waals surface area contributed by atoms with Crippen molar-refractivity contribution < 1.29 is 0 Å². The van der Waals surface area contributed by atoms with Crippen LogP contribution in [0.4, 0.5) is 0 Å². The molecule has 0 spiro atoms. The van der Waals surface area contributed by atoms with Crippen molar-refractivity contribution in [1.29, 1.82) is 0 Å². The molecule has 0 unspecified atom stereocenters. The summed E-state index contributed by atoms with van der Waals surface area (Å²) in [5.41, 5.74) is 0.716. The molecule has 0 aromatic carbocycles. The molecule has 0 amide bonds. The summed E-state index contributed by atoms with van der Waals surface area (Å²) in [5.74, 6) is 1.75. The maximum absolute atomic E-state index is 12.5. The van der Waals surface area contributed by atoms with Crippen LogP contribution in [-0.2, 0) is 12.5 Å². The molecule has 3 aliphatic carbocycles. The number of hydrogen-bond acceptors (Lipinski definition) is 3. The Morgan fingerprint density at radius 1 is 1.42 bits per heavy atom. The van der Waals surface area contributed by atoms with E-state index in [-0.39, 0.29) is 11.0 Å². The first-order valence-electron chi connectivity index (χ1n) is 6.23. The van der Waals surface area contributed by atoms with Gasteiger partial charge in [0.05, 0.1) is 5.39 Å². The highest BCUT2D eigenvalue weighted by molar-refractivity contribution is 9.10. The molecular formula is C13H11BrClN3O. The van der Waals surface area contributed by atoms with Crippen molar-refractivity contribution in [1.82, 2.24) is 14.5 Å². The minimum Gasteiger partial charge on any atom is -0.299 e. The number of halogens is 2. The number of nitrogens with zero attached hydrogens (tertiary/aromatic N) is 3. The minimum atomic E-state index is -0.0466. The highest BCUT2D eigenvalue weighted by Gasteiger charge is 2.59. The molecule has 0 saturated heterocycles. The average molecular weight is 341 g/mol. The first kappa shape index (κ1) is 11.9. The Bertz CT molecular complexity index is 769. The molecule has 2 heterocycles. The molecule has 3 fully saturated rings. The molecule has 0 radical (unpaired) electrons. The second kappa shape index (κ2) is 3.58. The zero-order valence-electron chi connectivity index (χ0n) is 10.3. The Morgan fingerprint density at radius 3 is 2.68 bits per heavy atom. The Balaban J connectivity index is 2.07. The minimum absolute atomic E-state index is 0.0466. The normalized spacial score (nSPS) is 28.1. The average Bonchev–Trinajstić information content (AvgIpc) is 2.22. The highest BCUT2D eigenvalue weighted by atomic mass is 79.9. The molecule has 0 aliphatic heterocycles. The molecule has 2 aromatic heterocycles. The van der Waals surface area contributed by atoms with E-state index in [0.717, 1.165) is 31.0 Å². The van der Waals surface area contributed by atoms with E-state index < -0.39 is 0 Å². The molecule has 98 valence electrons. The van der Waals surface area contributed by atoms with Gasteiger partial charge < -0.3 is 0 Å². The summed E-state index contributed by atoms with van der Waals surface area (Å²) < 4.78 is 2.22. The van der Waals surface area contributed by atoms with E-state index in [9.17, 15) is 4.79 Å². The molecular weight excluding hydrogens is 330 g/mol. The van der Waals surface area contributed by atoms with E-state index in [1.807, 2.05) is 0 Å². The maximum atomic E-state index is 12.5. The lowest BCUT2D eigenvalue weighted by atomic mass is 9.44. The summed E-state index contributed by atoms with van der Waals surface area (Å²) >= 11 is 9.26. The molecule has 0 N–H and O–H groups in total. The van der Waals surface area contributed by atoms with Crippen LogP contribution >= 0.6 is 27.5 Å². The quantitative estimate of drug-likeness (QED) is 0.750. The predicted molar refractivity (Wildman–Crippen MR) is 76.5 cm³/mol. The predicted octanol–water partition coefficient (Wildman–Crippen LogP) is 2.80. The van der Waals surface area contributed by atoms with Crippen molar-refractivity contribution in [3.05, 3.63) is 32.0 Å². The van der Waals surface area contributed by atoms with Gasteiger partial charge in [0.2, 0.25) is 0 Å². The largest absolute Gasteiger partial charge is 0.299 e. The zero-order valence-corrected chi connectivity index (χ0v) is 12.6. The first-order chi connectivity index (χ1) is 9.00. The van der Waals surface area contributed by atoms with E-state index in [1.54, 1.807) is 17.7 Å². The van der Waals surface area contributed by atoms with Gasteiger partial charge in [-0.2, -0.15) is 0 Å². The fourth-order valence-electron chi connectivity index (χ4n) is 3.43. The van der Waals surface area contributed by atoms with Gasteiger partial charge in [0, 0.05) is 12.5 Å². The molecule has 2 bridgehead atoms. The number of rotatable bonds is 1. The zero-order chi connectivity index (χ0) is 13.4. The molecule has 0 atom stereocenters. The van der Waals surface area contributed by atoms with Crippen LogP contribution in [0.15, 0.2) is 15.5 Å². The Kier molecular flexibility index (Phi) is 2.23. The molecule has 5 rings (SSSR count). The van der Waals surface area contributed by atoms with E-state index in [1.165, 1.54) is 0 Å². The molecule has 3 aliphatic rings. The second-order valence-corrected chi connectivity index (χ2v) is 6.83. The van der Waals surface area contributed by atoms with Crippen LogP contribution in [0.25, 0.3) is 10.9 Å². The summed E-state index contributed by atoms with van der Waals surface area (Å²) in [5, 5.41) is 0.821. The number of hydrogen-bond donors (Lipinski definition) is 0. The van der Waals surface area contributed by atoms with Gasteiger partial charge in [-0.3, -0.25) is 9.36 Å². The third-order valence-electron chi connectivity index (χ3n) is 4.50. The van der Waals surface area contributed by atoms with Gasteiger partial charge in [-0.05, 0) is 47.2 Å². The van der Waals surface area contributed by atoms with Crippen LogP contribution in [0.5, 0.6) is 0 Å². The SMILES string of the molecule is Cn1c(C23CC(C2)C3)nc2c(Br)nc(Cl)cc2c1=O. The molecule has 19 heavy (non-hydrogen) atoms. The van der Waals surface area contributed by atoms with Crippen LogP contribution in [-0.4, -0.2) is 14.5 Å². The van der Waals surface area contributed by atoms with Gasteiger partial charge in [0.25, 0.3) is 5.56 Å². The van der Waals surface area contributed by atoms with Crippen LogP contribution in [0, 0.1) is 5.92 Å². The molecule has 4 nitrogen and oxygen atoms in total. The summed E-state index contributed by atoms with van der Waals surface area (Å²) in [6.45, 7) is 0. The lowest BCUT2D eigenvalue weighted by Gasteiger charge is -2.61. The van der Waals surface area contributed by atoms with Crippen LogP contribution in [0.2, 0.25) is 5.15 Å². The smallest absolute Gasteiger partial charge is 0.261 e. The van der Waals surface area contributed by atoms with Crippen molar-refractivity contribution in [3.8, 4) is 0 Å². The van der Waals surface area contributed by atoms with Crippen LogP contribution < -0.4 is 5.56 Å². The third kappa shape index (κ3) is 1.43. The number of aromatic nitrogens is 3. The van der Waals surface area contributed by atoms with E-state index >= 15 is 0 Å². The number of pyridine rings is 1. The third-order valence-corrected chi connectivity index (χ3v) is 5.25. The lowest BCUT2D eigenvalue weighted by molar-refractivity contribution is -0.0373. The Hall–Kier alpha value is -0.940. The molecule has 6 heteroatoms. The van der Waals surface area contributed by atoms with Crippen LogP contribution in [0.3, 0.4) is 0 Å². The van der Waals surface area contributed by atoms with Crippen molar-refractivity contribution >= 4 is 38.4 Å². The lowest BCUT2D eigenvalue weighted by Crippen LogP contribution is -2.57. The standard InChI is InChI=1S/C13H11BrClN3O/c1-18-11(19)7-2-8(15)16-10(14)9(7)17-12(18)13-3-6(4-13)5-13/h2,6H,3-5H2,1H3.